The summed E-state index contributed by atoms with van der Waals surface area (Å²) in [5, 5.41) is 6.07. The first-order chi connectivity index (χ1) is 11.6. The SMILES string of the molecule is CCCCCNc1cc(C(=O)Nc2ccc(N(C)C)cc2)ncn1. The molecule has 6 nitrogen and oxygen atoms in total. The van der Waals surface area contributed by atoms with Crippen LogP contribution in [0.15, 0.2) is 36.7 Å². The first-order valence-electron chi connectivity index (χ1n) is 8.25. The van der Waals surface area contributed by atoms with Crippen LogP contribution in [0.3, 0.4) is 0 Å². The number of nitrogens with one attached hydrogen (secondary N) is 2. The Kier molecular flexibility index (Phi) is 6.54. The van der Waals surface area contributed by atoms with E-state index in [4.69, 9.17) is 0 Å². The summed E-state index contributed by atoms with van der Waals surface area (Å²) in [5.74, 6) is 0.431. The van der Waals surface area contributed by atoms with Crippen LogP contribution in [0.1, 0.15) is 36.7 Å². The average molecular weight is 327 g/mol. The van der Waals surface area contributed by atoms with E-state index in [2.05, 4.69) is 27.5 Å². The molecule has 0 aliphatic rings. The van der Waals surface area contributed by atoms with E-state index in [-0.39, 0.29) is 5.91 Å². The van der Waals surface area contributed by atoms with Gasteiger partial charge >= 0.3 is 0 Å². The van der Waals surface area contributed by atoms with Gasteiger partial charge in [-0.1, -0.05) is 19.8 Å². The third-order valence-corrected chi connectivity index (χ3v) is 3.63. The predicted molar refractivity (Wildman–Crippen MR) is 98.8 cm³/mol. The Morgan fingerprint density at radius 3 is 2.54 bits per heavy atom. The molecule has 1 aromatic carbocycles. The van der Waals surface area contributed by atoms with E-state index in [1.165, 1.54) is 19.2 Å². The molecule has 0 radical (unpaired) electrons. The molecule has 6 heteroatoms. The zero-order valence-corrected chi connectivity index (χ0v) is 14.5. The van der Waals surface area contributed by atoms with Crippen LogP contribution in [0.2, 0.25) is 0 Å². The summed E-state index contributed by atoms with van der Waals surface area (Å²) < 4.78 is 0. The van der Waals surface area contributed by atoms with Gasteiger partial charge in [-0.05, 0) is 30.7 Å². The van der Waals surface area contributed by atoms with E-state index in [9.17, 15) is 4.79 Å². The van der Waals surface area contributed by atoms with Crippen LogP contribution in [0.4, 0.5) is 17.2 Å². The van der Waals surface area contributed by atoms with Crippen LogP contribution in [0.25, 0.3) is 0 Å². The molecule has 0 unspecified atom stereocenters. The molecule has 0 fully saturated rings. The van der Waals surface area contributed by atoms with Crippen molar-refractivity contribution >= 4 is 23.1 Å². The van der Waals surface area contributed by atoms with E-state index >= 15 is 0 Å². The van der Waals surface area contributed by atoms with Crippen molar-refractivity contribution in [3.8, 4) is 0 Å². The van der Waals surface area contributed by atoms with Crippen molar-refractivity contribution in [3.05, 3.63) is 42.4 Å². The minimum Gasteiger partial charge on any atom is -0.378 e. The predicted octanol–water partition coefficient (Wildman–Crippen LogP) is 3.40. The number of hydrogen-bond donors (Lipinski definition) is 2. The van der Waals surface area contributed by atoms with Crippen molar-refractivity contribution in [2.24, 2.45) is 0 Å². The number of rotatable bonds is 8. The van der Waals surface area contributed by atoms with Gasteiger partial charge in [0.2, 0.25) is 0 Å². The maximum Gasteiger partial charge on any atom is 0.274 e. The first-order valence-corrected chi connectivity index (χ1v) is 8.25. The summed E-state index contributed by atoms with van der Waals surface area (Å²) in [6.07, 6.45) is 4.84. The maximum atomic E-state index is 12.3. The van der Waals surface area contributed by atoms with E-state index in [1.54, 1.807) is 6.07 Å². The molecule has 0 bridgehead atoms. The molecule has 1 aromatic heterocycles. The van der Waals surface area contributed by atoms with Crippen molar-refractivity contribution in [1.29, 1.82) is 0 Å². The molecule has 2 aromatic rings. The lowest BCUT2D eigenvalue weighted by atomic mass is 10.2. The van der Waals surface area contributed by atoms with E-state index in [1.807, 2.05) is 43.3 Å². The summed E-state index contributed by atoms with van der Waals surface area (Å²) in [7, 11) is 3.95. The van der Waals surface area contributed by atoms with Crippen molar-refractivity contribution in [1.82, 2.24) is 9.97 Å². The number of carbonyl (C=O) groups is 1. The van der Waals surface area contributed by atoms with E-state index in [0.29, 0.717) is 11.5 Å². The smallest absolute Gasteiger partial charge is 0.274 e. The average Bonchev–Trinajstić information content (AvgIpc) is 2.59. The highest BCUT2D eigenvalue weighted by molar-refractivity contribution is 6.03. The second kappa shape index (κ2) is 8.86. The molecule has 0 atom stereocenters. The number of nitrogens with zero attached hydrogens (tertiary/aromatic N) is 3. The molecular formula is C18H25N5O. The number of unbranched alkanes of at least 4 members (excludes halogenated alkanes) is 2. The fourth-order valence-electron chi connectivity index (χ4n) is 2.21. The van der Waals surface area contributed by atoms with Crippen molar-refractivity contribution in [2.45, 2.75) is 26.2 Å². The fraction of sp³-hybridized carbons (Fsp3) is 0.389. The summed E-state index contributed by atoms with van der Waals surface area (Å²) in [4.78, 5) is 22.5. The van der Waals surface area contributed by atoms with Gasteiger partial charge in [-0.15, -0.1) is 0 Å². The van der Waals surface area contributed by atoms with Crippen LogP contribution in [0, 0.1) is 0 Å². The molecule has 128 valence electrons. The summed E-state index contributed by atoms with van der Waals surface area (Å²) in [6.45, 7) is 3.01. The Labute approximate surface area is 143 Å². The van der Waals surface area contributed by atoms with Crippen LogP contribution < -0.4 is 15.5 Å². The Morgan fingerprint density at radius 1 is 1.12 bits per heavy atom. The molecule has 1 amide bonds. The number of carbonyl (C=O) groups excluding carboxylic acids is 1. The van der Waals surface area contributed by atoms with Crippen LogP contribution >= 0.6 is 0 Å². The maximum absolute atomic E-state index is 12.3. The molecular weight excluding hydrogens is 302 g/mol. The number of amides is 1. The van der Waals surface area contributed by atoms with Gasteiger partial charge in [-0.3, -0.25) is 4.79 Å². The Bertz CT molecular complexity index is 655. The standard InChI is InChI=1S/C18H25N5O/c1-4-5-6-11-19-17-12-16(20-13-21-17)18(24)22-14-7-9-15(10-8-14)23(2)3/h7-10,12-13H,4-6,11H2,1-3H3,(H,22,24)(H,19,20,21). The lowest BCUT2D eigenvalue weighted by Crippen LogP contribution is -2.15. The third kappa shape index (κ3) is 5.22. The number of benzene rings is 1. The molecule has 0 aliphatic heterocycles. The third-order valence-electron chi connectivity index (χ3n) is 3.63. The second-order valence-corrected chi connectivity index (χ2v) is 5.82. The van der Waals surface area contributed by atoms with Crippen molar-refractivity contribution < 1.29 is 4.79 Å². The zero-order chi connectivity index (χ0) is 17.4. The highest BCUT2D eigenvalue weighted by Crippen LogP contribution is 2.16. The van der Waals surface area contributed by atoms with Gasteiger partial charge in [-0.2, -0.15) is 0 Å². The van der Waals surface area contributed by atoms with Gasteiger partial charge < -0.3 is 15.5 Å². The fourth-order valence-corrected chi connectivity index (χ4v) is 2.21. The Balaban J connectivity index is 1.96. The van der Waals surface area contributed by atoms with Crippen molar-refractivity contribution in [2.75, 3.05) is 36.2 Å². The zero-order valence-electron chi connectivity index (χ0n) is 14.5. The van der Waals surface area contributed by atoms with Crippen LogP contribution in [0.5, 0.6) is 0 Å². The molecule has 1 heterocycles. The normalized spacial score (nSPS) is 10.3. The second-order valence-electron chi connectivity index (χ2n) is 5.82. The molecule has 0 aliphatic carbocycles. The molecule has 0 saturated carbocycles. The Morgan fingerprint density at radius 2 is 1.88 bits per heavy atom. The quantitative estimate of drug-likeness (QED) is 0.727. The monoisotopic (exact) mass is 327 g/mol. The Hall–Kier alpha value is -2.63. The lowest BCUT2D eigenvalue weighted by Gasteiger charge is -2.13. The van der Waals surface area contributed by atoms with E-state index in [0.717, 1.165) is 24.3 Å². The van der Waals surface area contributed by atoms with Gasteiger partial charge in [0.1, 0.15) is 17.8 Å². The minimum absolute atomic E-state index is 0.244. The van der Waals surface area contributed by atoms with Gasteiger partial charge in [0.25, 0.3) is 5.91 Å². The largest absolute Gasteiger partial charge is 0.378 e. The van der Waals surface area contributed by atoms with Crippen LogP contribution in [-0.4, -0.2) is 36.5 Å². The molecule has 0 saturated heterocycles. The highest BCUT2D eigenvalue weighted by Gasteiger charge is 2.09. The number of anilines is 3. The molecule has 2 N–H and O–H groups in total. The number of aromatic nitrogens is 2. The lowest BCUT2D eigenvalue weighted by molar-refractivity contribution is 0.102. The topological polar surface area (TPSA) is 70.2 Å². The molecule has 0 spiro atoms. The van der Waals surface area contributed by atoms with E-state index < -0.39 is 0 Å². The van der Waals surface area contributed by atoms with Crippen LogP contribution in [-0.2, 0) is 0 Å². The summed E-state index contributed by atoms with van der Waals surface area (Å²) in [6, 6.07) is 9.33. The minimum atomic E-state index is -0.244. The summed E-state index contributed by atoms with van der Waals surface area (Å²) >= 11 is 0. The van der Waals surface area contributed by atoms with Gasteiger partial charge in [0.05, 0.1) is 0 Å². The number of hydrogen-bond acceptors (Lipinski definition) is 5. The first kappa shape index (κ1) is 17.7. The van der Waals surface area contributed by atoms with Gasteiger partial charge in [0, 0.05) is 38.1 Å². The molecule has 2 rings (SSSR count). The van der Waals surface area contributed by atoms with Gasteiger partial charge in [0.15, 0.2) is 0 Å². The van der Waals surface area contributed by atoms with Crippen molar-refractivity contribution in [3.63, 3.8) is 0 Å². The highest BCUT2D eigenvalue weighted by atomic mass is 16.1. The summed E-state index contributed by atoms with van der Waals surface area (Å²) in [5.41, 5.74) is 2.16. The van der Waals surface area contributed by atoms with Gasteiger partial charge in [-0.25, -0.2) is 9.97 Å². The molecule has 24 heavy (non-hydrogen) atoms.